The molecule has 0 unspecified atom stereocenters. The molecule has 21 heavy (non-hydrogen) atoms. The molecule has 0 fully saturated rings. The standard InChI is InChI=1S/C19H38O2/c1-3-5-6-7-8-9-10-11-12-13-14-15-16-17-18-19(20)21-4-2/h3-18H2,1-2H3/i2D3,4D2. The van der Waals surface area contributed by atoms with Crippen molar-refractivity contribution in [2.45, 2.75) is 110 Å². The molecule has 0 aromatic heterocycles. The van der Waals surface area contributed by atoms with Crippen molar-refractivity contribution in [1.29, 1.82) is 0 Å². The highest BCUT2D eigenvalue weighted by molar-refractivity contribution is 5.69. The van der Waals surface area contributed by atoms with Gasteiger partial charge in [-0.05, 0) is 13.3 Å². The normalized spacial score (nSPS) is 15.6. The third-order valence-electron chi connectivity index (χ3n) is 3.90. The number of unbranched alkanes of at least 4 members (excludes halogenated alkanes) is 13. The van der Waals surface area contributed by atoms with Crippen molar-refractivity contribution >= 4 is 5.97 Å². The minimum atomic E-state index is -2.95. The van der Waals surface area contributed by atoms with Gasteiger partial charge in [0.2, 0.25) is 0 Å². The topological polar surface area (TPSA) is 26.3 Å². The number of ether oxygens (including phenoxy) is 1. The van der Waals surface area contributed by atoms with Crippen molar-refractivity contribution in [3.8, 4) is 0 Å². The minimum Gasteiger partial charge on any atom is -0.466 e. The summed E-state index contributed by atoms with van der Waals surface area (Å²) >= 11 is 0. The van der Waals surface area contributed by atoms with E-state index in [2.05, 4.69) is 11.7 Å². The molecule has 0 aliphatic rings. The Balaban J connectivity index is 3.40. The van der Waals surface area contributed by atoms with Crippen LogP contribution in [0.25, 0.3) is 0 Å². The summed E-state index contributed by atoms with van der Waals surface area (Å²) in [4.78, 5) is 11.5. The van der Waals surface area contributed by atoms with E-state index in [0.717, 1.165) is 19.3 Å². The molecule has 0 spiro atoms. The number of rotatable bonds is 16. The second-order valence-electron chi connectivity index (χ2n) is 5.92. The molecule has 2 nitrogen and oxygen atoms in total. The first kappa shape index (κ1) is 13.0. The fraction of sp³-hybridized carbons (Fsp3) is 0.947. The molecule has 0 saturated heterocycles. The zero-order valence-corrected chi connectivity index (χ0v) is 13.9. The van der Waals surface area contributed by atoms with E-state index in [4.69, 9.17) is 6.85 Å². The summed E-state index contributed by atoms with van der Waals surface area (Å²) in [5.74, 6) is -0.773. The predicted octanol–water partition coefficient (Wildman–Crippen LogP) is 6.42. The van der Waals surface area contributed by atoms with Crippen molar-refractivity contribution in [3.63, 3.8) is 0 Å². The number of hydrogen-bond donors (Lipinski definition) is 0. The SMILES string of the molecule is [2H]C([2H])([2H])C([2H])([2H])OC(=O)CCCCCCCCCCCCCCCC. The van der Waals surface area contributed by atoms with Gasteiger partial charge >= 0.3 is 5.97 Å². The summed E-state index contributed by atoms with van der Waals surface area (Å²) in [5.41, 5.74) is 0. The van der Waals surface area contributed by atoms with E-state index in [9.17, 15) is 4.79 Å². The first-order valence-corrected chi connectivity index (χ1v) is 8.92. The average Bonchev–Trinajstić information content (AvgIpc) is 2.53. The maximum absolute atomic E-state index is 11.5. The number of carbonyl (C=O) groups is 1. The lowest BCUT2D eigenvalue weighted by atomic mass is 10.0. The molecule has 0 bridgehead atoms. The first-order chi connectivity index (χ1) is 12.2. The Kier molecular flexibility index (Phi) is 10.8. The van der Waals surface area contributed by atoms with Gasteiger partial charge in [-0.3, -0.25) is 4.79 Å². The van der Waals surface area contributed by atoms with Gasteiger partial charge in [0.05, 0.1) is 9.30 Å². The van der Waals surface area contributed by atoms with Crippen molar-refractivity contribution in [2.24, 2.45) is 0 Å². The van der Waals surface area contributed by atoms with Gasteiger partial charge in [0.15, 0.2) is 0 Å². The maximum Gasteiger partial charge on any atom is 0.305 e. The molecule has 0 atom stereocenters. The van der Waals surface area contributed by atoms with E-state index in [-0.39, 0.29) is 6.42 Å². The van der Waals surface area contributed by atoms with Gasteiger partial charge in [-0.1, -0.05) is 90.4 Å². The number of esters is 1. The van der Waals surface area contributed by atoms with Crippen LogP contribution in [0.5, 0.6) is 0 Å². The highest BCUT2D eigenvalue weighted by Gasteiger charge is 2.00. The third-order valence-corrected chi connectivity index (χ3v) is 3.90. The molecule has 0 radical (unpaired) electrons. The van der Waals surface area contributed by atoms with E-state index in [1.807, 2.05) is 0 Å². The maximum atomic E-state index is 11.5. The molecule has 0 aromatic carbocycles. The van der Waals surface area contributed by atoms with E-state index in [0.29, 0.717) is 6.42 Å². The summed E-state index contributed by atoms with van der Waals surface area (Å²) in [6.45, 7) is -3.61. The van der Waals surface area contributed by atoms with Crippen LogP contribution in [0.15, 0.2) is 0 Å². The van der Waals surface area contributed by atoms with Crippen LogP contribution in [0.2, 0.25) is 0 Å². The van der Waals surface area contributed by atoms with Gasteiger partial charge in [-0.15, -0.1) is 0 Å². The second-order valence-corrected chi connectivity index (χ2v) is 5.92. The van der Waals surface area contributed by atoms with E-state index in [1.54, 1.807) is 0 Å². The summed E-state index contributed by atoms with van der Waals surface area (Å²) in [6.07, 6.45) is 17.1. The lowest BCUT2D eigenvalue weighted by Gasteiger charge is -2.03. The van der Waals surface area contributed by atoms with Crippen molar-refractivity contribution in [2.75, 3.05) is 6.56 Å². The Bertz CT molecular complexity index is 356. The zero-order valence-electron chi connectivity index (χ0n) is 18.9. The van der Waals surface area contributed by atoms with Crippen LogP contribution < -0.4 is 0 Å². The Morgan fingerprint density at radius 2 is 1.24 bits per heavy atom. The molecular weight excluding hydrogens is 260 g/mol. The number of carbonyl (C=O) groups excluding carboxylic acids is 1. The first-order valence-electron chi connectivity index (χ1n) is 11.4. The molecule has 0 heterocycles. The van der Waals surface area contributed by atoms with Crippen molar-refractivity contribution < 1.29 is 16.4 Å². The summed E-state index contributed by atoms with van der Waals surface area (Å²) in [7, 11) is 0. The van der Waals surface area contributed by atoms with Crippen LogP contribution >= 0.6 is 0 Å². The molecule has 2 heteroatoms. The predicted molar refractivity (Wildman–Crippen MR) is 91.6 cm³/mol. The highest BCUT2D eigenvalue weighted by atomic mass is 16.5. The van der Waals surface area contributed by atoms with Gasteiger partial charge in [0.25, 0.3) is 0 Å². The average molecular weight is 304 g/mol. The fourth-order valence-corrected chi connectivity index (χ4v) is 2.57. The molecule has 0 aliphatic heterocycles. The summed E-state index contributed by atoms with van der Waals surface area (Å²) in [5, 5.41) is 0. The largest absolute Gasteiger partial charge is 0.466 e. The van der Waals surface area contributed by atoms with Gasteiger partial charge in [0.1, 0.15) is 0 Å². The van der Waals surface area contributed by atoms with E-state index < -0.39 is 19.4 Å². The molecule has 0 amide bonds. The van der Waals surface area contributed by atoms with E-state index >= 15 is 0 Å². The molecule has 0 saturated carbocycles. The molecular formula is C19H38O2. The van der Waals surface area contributed by atoms with Crippen LogP contribution in [0.1, 0.15) is 117 Å². The Hall–Kier alpha value is -0.530. The molecule has 0 aromatic rings. The number of hydrogen-bond acceptors (Lipinski definition) is 2. The molecule has 0 rings (SSSR count). The van der Waals surface area contributed by atoms with Gasteiger partial charge in [0, 0.05) is 10.5 Å². The Morgan fingerprint density at radius 1 is 0.810 bits per heavy atom. The highest BCUT2D eigenvalue weighted by Crippen LogP contribution is 2.13. The van der Waals surface area contributed by atoms with Gasteiger partial charge in [-0.2, -0.15) is 0 Å². The van der Waals surface area contributed by atoms with Crippen LogP contribution in [0.4, 0.5) is 0 Å². The quantitative estimate of drug-likeness (QED) is 0.243. The van der Waals surface area contributed by atoms with Gasteiger partial charge < -0.3 is 4.74 Å². The molecule has 0 N–H and O–H groups in total. The summed E-state index contributed by atoms with van der Waals surface area (Å²) < 4.78 is 39.9. The van der Waals surface area contributed by atoms with Crippen molar-refractivity contribution in [3.05, 3.63) is 0 Å². The van der Waals surface area contributed by atoms with Crippen LogP contribution in [0.3, 0.4) is 0 Å². The third kappa shape index (κ3) is 17.4. The fourth-order valence-electron chi connectivity index (χ4n) is 2.57. The Labute approximate surface area is 140 Å². The van der Waals surface area contributed by atoms with Gasteiger partial charge in [-0.25, -0.2) is 0 Å². The van der Waals surface area contributed by atoms with Crippen molar-refractivity contribution in [1.82, 2.24) is 0 Å². The lowest BCUT2D eigenvalue weighted by Crippen LogP contribution is -2.03. The molecule has 126 valence electrons. The second kappa shape index (κ2) is 17.5. The summed E-state index contributed by atoms with van der Waals surface area (Å²) in [6, 6.07) is 0. The van der Waals surface area contributed by atoms with Crippen LogP contribution in [-0.4, -0.2) is 12.5 Å². The lowest BCUT2D eigenvalue weighted by molar-refractivity contribution is -0.143. The smallest absolute Gasteiger partial charge is 0.305 e. The van der Waals surface area contributed by atoms with Crippen LogP contribution in [-0.2, 0) is 9.53 Å². The molecule has 0 aliphatic carbocycles. The monoisotopic (exact) mass is 303 g/mol. The van der Waals surface area contributed by atoms with E-state index in [1.165, 1.54) is 64.2 Å². The zero-order chi connectivity index (χ0) is 19.9. The minimum absolute atomic E-state index is 0.0770. The van der Waals surface area contributed by atoms with Crippen LogP contribution in [0, 0.1) is 0 Å². The Morgan fingerprint density at radius 3 is 1.67 bits per heavy atom.